The molecule has 0 saturated heterocycles. The number of hydrogen-bond donors (Lipinski definition) is 0. The highest BCUT2D eigenvalue weighted by molar-refractivity contribution is 6.60. The van der Waals surface area contributed by atoms with E-state index >= 15 is 0 Å². The Morgan fingerprint density at radius 3 is 1.68 bits per heavy atom. The third-order valence-electron chi connectivity index (χ3n) is 4.32. The standard InChI is InChI=1S/C15H36NO3Si.C2N3/c1-7-9-12-16(3,13-10-8-2)14-11-15-20(17-4,18-5)19-6;3-1-5-2-4/h7-15H2,1-6H3;/q+1;-1. The molecule has 0 rings (SSSR count). The van der Waals surface area contributed by atoms with Crippen molar-refractivity contribution < 1.29 is 17.8 Å². The van der Waals surface area contributed by atoms with Gasteiger partial charge in [0, 0.05) is 33.8 Å². The summed E-state index contributed by atoms with van der Waals surface area (Å²) in [5.74, 6) is 0. The molecule has 0 heterocycles. The highest BCUT2D eigenvalue weighted by Crippen LogP contribution is 2.18. The molecule has 0 bridgehead atoms. The third kappa shape index (κ3) is 12.9. The minimum Gasteiger partial charge on any atom is -0.422 e. The van der Waals surface area contributed by atoms with E-state index < -0.39 is 8.80 Å². The second kappa shape index (κ2) is 16.4. The quantitative estimate of drug-likeness (QED) is 0.214. The lowest BCUT2D eigenvalue weighted by Crippen LogP contribution is -2.48. The molecule has 0 amide bonds. The highest BCUT2D eigenvalue weighted by atomic mass is 28.4. The van der Waals surface area contributed by atoms with Crippen LogP contribution in [0.2, 0.25) is 6.04 Å². The van der Waals surface area contributed by atoms with Crippen LogP contribution in [0.5, 0.6) is 0 Å². The molecule has 0 aromatic rings. The van der Waals surface area contributed by atoms with E-state index in [0.717, 1.165) is 12.5 Å². The zero-order chi connectivity index (χ0) is 19.6. The summed E-state index contributed by atoms with van der Waals surface area (Å²) in [6.07, 6.45) is 7.54. The van der Waals surface area contributed by atoms with Gasteiger partial charge in [0.15, 0.2) is 0 Å². The third-order valence-corrected chi connectivity index (χ3v) is 7.15. The number of unbranched alkanes of at least 4 members (excludes halogenated alkanes) is 2. The van der Waals surface area contributed by atoms with Crippen molar-refractivity contribution >= 4 is 14.8 Å². The van der Waals surface area contributed by atoms with Crippen LogP contribution in [0.3, 0.4) is 0 Å². The van der Waals surface area contributed by atoms with Crippen LogP contribution < -0.4 is 0 Å². The Labute approximate surface area is 155 Å². The van der Waals surface area contributed by atoms with Gasteiger partial charge in [0.1, 0.15) is 0 Å². The normalized spacial score (nSPS) is 11.1. The topological polar surface area (TPSA) is 86.1 Å². The van der Waals surface area contributed by atoms with Gasteiger partial charge >= 0.3 is 8.80 Å². The molecule has 0 fully saturated rings. The molecular weight excluding hydrogens is 336 g/mol. The Morgan fingerprint density at radius 2 is 1.40 bits per heavy atom. The predicted molar refractivity (Wildman–Crippen MR) is 103 cm³/mol. The van der Waals surface area contributed by atoms with E-state index in [4.69, 9.17) is 23.9 Å². The van der Waals surface area contributed by atoms with Crippen molar-refractivity contribution in [1.82, 2.24) is 0 Å². The highest BCUT2D eigenvalue weighted by Gasteiger charge is 2.38. The van der Waals surface area contributed by atoms with Crippen molar-refractivity contribution in [2.75, 3.05) is 48.0 Å². The van der Waals surface area contributed by atoms with Crippen LogP contribution in [0.25, 0.3) is 5.41 Å². The van der Waals surface area contributed by atoms with Gasteiger partial charge in [0.2, 0.25) is 0 Å². The number of hydrogen-bond acceptors (Lipinski definition) is 5. The molecule has 25 heavy (non-hydrogen) atoms. The summed E-state index contributed by atoms with van der Waals surface area (Å²) in [4.78, 5) is 2.58. The van der Waals surface area contributed by atoms with Crippen molar-refractivity contribution in [3.05, 3.63) is 5.41 Å². The molecule has 0 N–H and O–H groups in total. The molecule has 0 radical (unpaired) electrons. The van der Waals surface area contributed by atoms with Gasteiger partial charge in [-0.15, -0.1) is 6.01 Å². The smallest absolute Gasteiger partial charge is 0.422 e. The molecular formula is C17H36N4O3Si. The van der Waals surface area contributed by atoms with E-state index in [1.807, 2.05) is 0 Å². The number of nitrogens with zero attached hydrogens (tertiary/aromatic N) is 4. The van der Waals surface area contributed by atoms with E-state index in [0.29, 0.717) is 0 Å². The maximum Gasteiger partial charge on any atom is 0.500 e. The first-order valence-corrected chi connectivity index (χ1v) is 10.8. The Morgan fingerprint density at radius 1 is 0.960 bits per heavy atom. The molecule has 0 aliphatic heterocycles. The summed E-state index contributed by atoms with van der Waals surface area (Å²) in [7, 11) is 5.09. The lowest BCUT2D eigenvalue weighted by molar-refractivity contribution is -0.910. The van der Waals surface area contributed by atoms with Gasteiger partial charge in [-0.1, -0.05) is 26.7 Å². The van der Waals surface area contributed by atoms with Gasteiger partial charge in [-0.25, -0.2) is 0 Å². The second-order valence-corrected chi connectivity index (χ2v) is 9.30. The lowest BCUT2D eigenvalue weighted by atomic mass is 10.2. The van der Waals surface area contributed by atoms with Crippen molar-refractivity contribution in [3.63, 3.8) is 0 Å². The monoisotopic (exact) mass is 372 g/mol. The molecule has 146 valence electrons. The summed E-state index contributed by atoms with van der Waals surface area (Å²) < 4.78 is 17.7. The average Bonchev–Trinajstić information content (AvgIpc) is 2.64. The average molecular weight is 373 g/mol. The lowest BCUT2D eigenvalue weighted by Gasteiger charge is -2.35. The summed E-state index contributed by atoms with van der Waals surface area (Å²) in [6, 6.07) is 2.19. The molecule has 0 spiro atoms. The Balaban J connectivity index is 0. The van der Waals surface area contributed by atoms with E-state index in [-0.39, 0.29) is 0 Å². The fourth-order valence-electron chi connectivity index (χ4n) is 2.67. The van der Waals surface area contributed by atoms with Gasteiger partial charge in [-0.05, 0) is 12.8 Å². The second-order valence-electron chi connectivity index (χ2n) is 6.21. The van der Waals surface area contributed by atoms with Crippen molar-refractivity contribution in [1.29, 1.82) is 5.26 Å². The molecule has 0 saturated carbocycles. The van der Waals surface area contributed by atoms with Crippen LogP contribution in [-0.4, -0.2) is 67.3 Å². The van der Waals surface area contributed by atoms with Gasteiger partial charge in [-0.2, -0.15) is 5.26 Å². The fraction of sp³-hybridized carbons (Fsp3) is 0.882. The number of rotatable bonds is 13. The van der Waals surface area contributed by atoms with Crippen LogP contribution in [0, 0.1) is 11.5 Å². The predicted octanol–water partition coefficient (Wildman–Crippen LogP) is 3.51. The van der Waals surface area contributed by atoms with Crippen molar-refractivity contribution in [3.8, 4) is 6.19 Å². The van der Waals surface area contributed by atoms with Crippen LogP contribution in [0.15, 0.2) is 4.99 Å². The van der Waals surface area contributed by atoms with Gasteiger partial charge < -0.3 is 28.2 Å². The van der Waals surface area contributed by atoms with Crippen LogP contribution in [-0.2, 0) is 13.3 Å². The number of quaternary nitrogens is 1. The fourth-order valence-corrected chi connectivity index (χ4v) is 4.37. The number of aliphatic imine (C=N–C) groups is 1. The zero-order valence-electron chi connectivity index (χ0n) is 16.9. The summed E-state index contributed by atoms with van der Waals surface area (Å²) in [5.41, 5.74) is 0. The first kappa shape index (κ1) is 26.2. The number of nitriles is 1. The Kier molecular flexibility index (Phi) is 17.2. The Hall–Kier alpha value is -1.07. The molecule has 0 aromatic heterocycles. The van der Waals surface area contributed by atoms with E-state index in [9.17, 15) is 0 Å². The van der Waals surface area contributed by atoms with Gasteiger partial charge in [0.25, 0.3) is 0 Å². The van der Waals surface area contributed by atoms with Crippen molar-refractivity contribution in [2.24, 2.45) is 4.99 Å². The van der Waals surface area contributed by atoms with Crippen LogP contribution in [0.4, 0.5) is 0 Å². The zero-order valence-corrected chi connectivity index (χ0v) is 17.9. The van der Waals surface area contributed by atoms with Crippen LogP contribution in [0.1, 0.15) is 46.0 Å². The first-order valence-electron chi connectivity index (χ1n) is 8.90. The van der Waals surface area contributed by atoms with E-state index in [1.165, 1.54) is 62.0 Å². The van der Waals surface area contributed by atoms with E-state index in [1.54, 1.807) is 21.3 Å². The maximum atomic E-state index is 7.43. The molecule has 0 unspecified atom stereocenters. The summed E-state index contributed by atoms with van der Waals surface area (Å²) in [5, 5.41) is 14.9. The molecule has 7 nitrogen and oxygen atoms in total. The van der Waals surface area contributed by atoms with Gasteiger partial charge in [0.05, 0.1) is 32.9 Å². The summed E-state index contributed by atoms with van der Waals surface area (Å²) in [6.45, 7) is 8.27. The molecule has 0 aliphatic rings. The van der Waals surface area contributed by atoms with Crippen molar-refractivity contribution in [2.45, 2.75) is 52.0 Å². The molecule has 0 atom stereocenters. The molecule has 8 heteroatoms. The van der Waals surface area contributed by atoms with E-state index in [2.05, 4.69) is 25.9 Å². The maximum absolute atomic E-state index is 7.43. The minimum atomic E-state index is -2.39. The Bertz CT molecular complexity index is 389. The minimum absolute atomic E-state index is 0.905. The summed E-state index contributed by atoms with van der Waals surface area (Å²) >= 11 is 0. The van der Waals surface area contributed by atoms with Gasteiger partial charge in [-0.3, -0.25) is 0 Å². The molecule has 0 aromatic carbocycles. The molecule has 0 aliphatic carbocycles. The SMILES string of the molecule is CCCC[N+](C)(CCCC)CCC[Si](OC)(OC)OC.N#CN=C=[N-]. The largest absolute Gasteiger partial charge is 0.500 e. The van der Waals surface area contributed by atoms with Crippen LogP contribution >= 0.6 is 0 Å². The first-order chi connectivity index (χ1) is 11.9.